The molecule has 0 bridgehead atoms. The SMILES string of the molecule is CC.COC(=O)c1cc(Cl)c(C)c(Cl)c1CO. The quantitative estimate of drug-likeness (QED) is 0.841. The molecule has 1 rings (SSSR count). The highest BCUT2D eigenvalue weighted by Gasteiger charge is 2.18. The molecule has 0 fully saturated rings. The van der Waals surface area contributed by atoms with Crippen molar-refractivity contribution < 1.29 is 14.6 Å². The van der Waals surface area contributed by atoms with Crippen LogP contribution in [0.1, 0.15) is 35.3 Å². The normalized spacial score (nSPS) is 9.35. The minimum atomic E-state index is -0.567. The van der Waals surface area contributed by atoms with Crippen LogP contribution in [0, 0.1) is 6.92 Å². The molecule has 0 spiro atoms. The standard InChI is InChI=1S/C10H10Cl2O3.C2H6/c1-5-8(11)3-6(10(14)15-2)7(4-13)9(5)12;1-2/h3,13H,4H2,1-2H3;1-2H3. The fourth-order valence-corrected chi connectivity index (χ4v) is 1.73. The molecule has 0 unspecified atom stereocenters. The number of aliphatic hydroxyl groups is 1. The second kappa shape index (κ2) is 7.54. The molecule has 0 aliphatic rings. The molecule has 0 saturated carbocycles. The Kier molecular flexibility index (Phi) is 7.19. The molecule has 3 nitrogen and oxygen atoms in total. The summed E-state index contributed by atoms with van der Waals surface area (Å²) in [5.74, 6) is -0.567. The maximum Gasteiger partial charge on any atom is 0.338 e. The van der Waals surface area contributed by atoms with E-state index in [1.54, 1.807) is 6.92 Å². The van der Waals surface area contributed by atoms with Crippen LogP contribution >= 0.6 is 23.2 Å². The molecule has 96 valence electrons. The lowest BCUT2D eigenvalue weighted by Crippen LogP contribution is -2.07. The smallest absolute Gasteiger partial charge is 0.338 e. The van der Waals surface area contributed by atoms with Crippen molar-refractivity contribution in [1.29, 1.82) is 0 Å². The lowest BCUT2D eigenvalue weighted by Gasteiger charge is -2.11. The first-order valence-corrected chi connectivity index (χ1v) is 5.95. The van der Waals surface area contributed by atoms with Crippen LogP contribution in [0.2, 0.25) is 10.0 Å². The van der Waals surface area contributed by atoms with Gasteiger partial charge in [-0.05, 0) is 18.6 Å². The summed E-state index contributed by atoms with van der Waals surface area (Å²) in [5.41, 5.74) is 1.17. The number of esters is 1. The average Bonchev–Trinajstić information content (AvgIpc) is 2.37. The summed E-state index contributed by atoms with van der Waals surface area (Å²) in [7, 11) is 1.26. The summed E-state index contributed by atoms with van der Waals surface area (Å²) in [4.78, 5) is 11.4. The summed E-state index contributed by atoms with van der Waals surface area (Å²) in [6.45, 7) is 5.38. The largest absolute Gasteiger partial charge is 0.465 e. The van der Waals surface area contributed by atoms with E-state index >= 15 is 0 Å². The van der Waals surface area contributed by atoms with Crippen LogP contribution < -0.4 is 0 Å². The van der Waals surface area contributed by atoms with E-state index in [0.29, 0.717) is 21.2 Å². The van der Waals surface area contributed by atoms with Crippen LogP contribution in [-0.4, -0.2) is 18.2 Å². The summed E-state index contributed by atoms with van der Waals surface area (Å²) < 4.78 is 4.56. The van der Waals surface area contributed by atoms with Gasteiger partial charge in [0.1, 0.15) is 0 Å². The van der Waals surface area contributed by atoms with Gasteiger partial charge in [-0.15, -0.1) is 0 Å². The van der Waals surface area contributed by atoms with Gasteiger partial charge in [0.2, 0.25) is 0 Å². The highest BCUT2D eigenvalue weighted by molar-refractivity contribution is 6.37. The molecule has 0 aromatic heterocycles. The number of hydrogen-bond acceptors (Lipinski definition) is 3. The van der Waals surface area contributed by atoms with Gasteiger partial charge in [-0.3, -0.25) is 0 Å². The number of carbonyl (C=O) groups excluding carboxylic acids is 1. The Morgan fingerprint density at radius 2 is 1.94 bits per heavy atom. The molecule has 0 radical (unpaired) electrons. The lowest BCUT2D eigenvalue weighted by molar-refractivity contribution is 0.0597. The Morgan fingerprint density at radius 3 is 2.35 bits per heavy atom. The van der Waals surface area contributed by atoms with Gasteiger partial charge in [0, 0.05) is 10.6 Å². The van der Waals surface area contributed by atoms with E-state index in [4.69, 9.17) is 28.3 Å². The van der Waals surface area contributed by atoms with E-state index in [0.717, 1.165) is 0 Å². The van der Waals surface area contributed by atoms with Crippen LogP contribution in [0.4, 0.5) is 0 Å². The summed E-state index contributed by atoms with van der Waals surface area (Å²) in [6.07, 6.45) is 0. The van der Waals surface area contributed by atoms with Crippen molar-refractivity contribution in [2.24, 2.45) is 0 Å². The van der Waals surface area contributed by atoms with Crippen LogP contribution in [0.25, 0.3) is 0 Å². The molecular formula is C12H16Cl2O3. The molecule has 5 heteroatoms. The third-order valence-corrected chi connectivity index (χ3v) is 3.02. The van der Waals surface area contributed by atoms with Gasteiger partial charge in [-0.25, -0.2) is 4.79 Å². The van der Waals surface area contributed by atoms with Crippen molar-refractivity contribution in [3.8, 4) is 0 Å². The third-order valence-electron chi connectivity index (χ3n) is 2.11. The predicted molar refractivity (Wildman–Crippen MR) is 69.8 cm³/mol. The molecule has 17 heavy (non-hydrogen) atoms. The van der Waals surface area contributed by atoms with Gasteiger partial charge < -0.3 is 9.84 Å². The van der Waals surface area contributed by atoms with Crippen LogP contribution in [-0.2, 0) is 11.3 Å². The molecule has 0 aliphatic heterocycles. The highest BCUT2D eigenvalue weighted by atomic mass is 35.5. The summed E-state index contributed by atoms with van der Waals surface area (Å²) in [6, 6.07) is 1.44. The Labute approximate surface area is 111 Å². The van der Waals surface area contributed by atoms with Crippen molar-refractivity contribution in [3.63, 3.8) is 0 Å². The van der Waals surface area contributed by atoms with Crippen molar-refractivity contribution in [2.75, 3.05) is 7.11 Å². The fraction of sp³-hybridized carbons (Fsp3) is 0.417. The Balaban J connectivity index is 0.00000121. The Bertz CT molecular complexity index is 403. The zero-order valence-corrected chi connectivity index (χ0v) is 11.8. The van der Waals surface area contributed by atoms with Gasteiger partial charge >= 0.3 is 5.97 Å². The molecule has 0 aliphatic carbocycles. The topological polar surface area (TPSA) is 46.5 Å². The maximum absolute atomic E-state index is 11.4. The van der Waals surface area contributed by atoms with Gasteiger partial charge in [0.15, 0.2) is 0 Å². The number of aliphatic hydroxyl groups excluding tert-OH is 1. The van der Waals surface area contributed by atoms with E-state index in [9.17, 15) is 4.79 Å². The molecule has 0 saturated heterocycles. The van der Waals surface area contributed by atoms with Gasteiger partial charge in [0.25, 0.3) is 0 Å². The average molecular weight is 279 g/mol. The molecule has 1 N–H and O–H groups in total. The minimum Gasteiger partial charge on any atom is -0.465 e. The number of benzene rings is 1. The molecule has 1 aromatic carbocycles. The van der Waals surface area contributed by atoms with Gasteiger partial charge in [-0.1, -0.05) is 37.0 Å². The van der Waals surface area contributed by atoms with E-state index in [1.165, 1.54) is 13.2 Å². The predicted octanol–water partition coefficient (Wildman–Crippen LogP) is 3.61. The van der Waals surface area contributed by atoms with Crippen LogP contribution in [0.3, 0.4) is 0 Å². The lowest BCUT2D eigenvalue weighted by atomic mass is 10.0. The van der Waals surface area contributed by atoms with Crippen LogP contribution in [0.5, 0.6) is 0 Å². The Hall–Kier alpha value is -0.770. The number of halogens is 2. The third kappa shape index (κ3) is 3.60. The van der Waals surface area contributed by atoms with Crippen molar-refractivity contribution in [3.05, 3.63) is 32.8 Å². The first-order valence-electron chi connectivity index (χ1n) is 5.19. The number of carbonyl (C=O) groups is 1. The minimum absolute atomic E-state index is 0.195. The second-order valence-corrected chi connectivity index (χ2v) is 3.76. The number of hydrogen-bond donors (Lipinski definition) is 1. The van der Waals surface area contributed by atoms with Crippen molar-refractivity contribution in [1.82, 2.24) is 0 Å². The summed E-state index contributed by atoms with van der Waals surface area (Å²) in [5, 5.41) is 9.79. The second-order valence-electron chi connectivity index (χ2n) is 2.97. The zero-order valence-electron chi connectivity index (χ0n) is 10.3. The molecule has 0 heterocycles. The first-order chi connectivity index (χ1) is 8.02. The van der Waals surface area contributed by atoms with Gasteiger partial charge in [-0.2, -0.15) is 0 Å². The molecule has 0 atom stereocenters. The molecular weight excluding hydrogens is 263 g/mol. The molecule has 0 amide bonds. The number of methoxy groups -OCH3 is 1. The fourth-order valence-electron chi connectivity index (χ4n) is 1.22. The highest BCUT2D eigenvalue weighted by Crippen LogP contribution is 2.30. The monoisotopic (exact) mass is 278 g/mol. The van der Waals surface area contributed by atoms with Crippen molar-refractivity contribution >= 4 is 29.2 Å². The summed E-state index contributed by atoms with van der Waals surface area (Å²) >= 11 is 11.8. The van der Waals surface area contributed by atoms with E-state index in [-0.39, 0.29) is 12.2 Å². The van der Waals surface area contributed by atoms with E-state index in [1.807, 2.05) is 13.8 Å². The van der Waals surface area contributed by atoms with E-state index < -0.39 is 5.97 Å². The zero-order chi connectivity index (χ0) is 13.6. The molecule has 1 aromatic rings. The van der Waals surface area contributed by atoms with E-state index in [2.05, 4.69) is 4.74 Å². The first kappa shape index (κ1) is 16.2. The van der Waals surface area contributed by atoms with Crippen LogP contribution in [0.15, 0.2) is 6.07 Å². The van der Waals surface area contributed by atoms with Crippen molar-refractivity contribution in [2.45, 2.75) is 27.4 Å². The Morgan fingerprint density at radius 1 is 1.41 bits per heavy atom. The number of ether oxygens (including phenoxy) is 1. The maximum atomic E-state index is 11.4. The number of rotatable bonds is 2. The van der Waals surface area contributed by atoms with Gasteiger partial charge in [0.05, 0.1) is 24.3 Å².